The van der Waals surface area contributed by atoms with Gasteiger partial charge in [-0.2, -0.15) is 0 Å². The third-order valence-corrected chi connectivity index (χ3v) is 3.32. The zero-order valence-corrected chi connectivity index (χ0v) is 10.9. The van der Waals surface area contributed by atoms with Crippen LogP contribution in [0.3, 0.4) is 0 Å². The number of hydrogen-bond acceptors (Lipinski definition) is 3. The van der Waals surface area contributed by atoms with Crippen LogP contribution in [0.5, 0.6) is 0 Å². The second kappa shape index (κ2) is 4.90. The first-order valence-corrected chi connectivity index (χ1v) is 6.12. The lowest BCUT2D eigenvalue weighted by Crippen LogP contribution is -2.33. The summed E-state index contributed by atoms with van der Waals surface area (Å²) in [4.78, 5) is 25.3. The molecule has 1 aromatic rings. The number of hydrogen-bond donors (Lipinski definition) is 0. The van der Waals surface area contributed by atoms with Crippen molar-refractivity contribution in [1.82, 2.24) is 0 Å². The van der Waals surface area contributed by atoms with E-state index in [9.17, 15) is 9.59 Å². The van der Waals surface area contributed by atoms with Crippen LogP contribution in [-0.2, 0) is 9.53 Å². The molecule has 0 radical (unpaired) electrons. The number of fused-ring (bicyclic) bond motifs is 1. The van der Waals surface area contributed by atoms with E-state index in [1.54, 1.807) is 6.07 Å². The van der Waals surface area contributed by atoms with Crippen molar-refractivity contribution in [2.45, 2.75) is 20.8 Å². The molecule has 1 aliphatic heterocycles. The molecule has 2 rings (SSSR count). The molecule has 0 aliphatic carbocycles. The zero-order valence-electron chi connectivity index (χ0n) is 10.9. The lowest BCUT2D eigenvalue weighted by Gasteiger charge is -2.19. The Morgan fingerprint density at radius 2 is 1.94 bits per heavy atom. The van der Waals surface area contributed by atoms with E-state index in [4.69, 9.17) is 4.74 Å². The molecule has 4 heteroatoms. The first-order valence-electron chi connectivity index (χ1n) is 6.12. The second-order valence-electron chi connectivity index (χ2n) is 4.39. The molecule has 1 heterocycles. The van der Waals surface area contributed by atoms with Crippen molar-refractivity contribution >= 4 is 17.4 Å². The highest BCUT2D eigenvalue weighted by Gasteiger charge is 2.36. The van der Waals surface area contributed by atoms with Gasteiger partial charge in [-0.1, -0.05) is 6.07 Å². The minimum absolute atomic E-state index is 0.412. The normalized spacial score (nSPS) is 14.3. The first kappa shape index (κ1) is 12.8. The molecular weight excluding hydrogens is 230 g/mol. The molecule has 0 unspecified atom stereocenters. The molecule has 0 fully saturated rings. The summed E-state index contributed by atoms with van der Waals surface area (Å²) >= 11 is 0. The van der Waals surface area contributed by atoms with Gasteiger partial charge in [0.05, 0.1) is 17.9 Å². The van der Waals surface area contributed by atoms with E-state index < -0.39 is 11.7 Å². The SMILES string of the molecule is CCOCCN1C(=O)C(=O)c2ccc(C)c(C)c21. The van der Waals surface area contributed by atoms with E-state index in [0.29, 0.717) is 25.3 Å². The van der Waals surface area contributed by atoms with Gasteiger partial charge in [-0.05, 0) is 38.0 Å². The maximum Gasteiger partial charge on any atom is 0.299 e. The van der Waals surface area contributed by atoms with Gasteiger partial charge in [-0.3, -0.25) is 9.59 Å². The predicted octanol–water partition coefficient (Wildman–Crippen LogP) is 1.87. The van der Waals surface area contributed by atoms with Gasteiger partial charge in [0.15, 0.2) is 0 Å². The van der Waals surface area contributed by atoms with Crippen LogP contribution >= 0.6 is 0 Å². The molecule has 18 heavy (non-hydrogen) atoms. The number of carbonyl (C=O) groups is 2. The maximum atomic E-state index is 11.9. The summed E-state index contributed by atoms with van der Waals surface area (Å²) in [6.07, 6.45) is 0. The molecule has 0 saturated heterocycles. The Labute approximate surface area is 107 Å². The Bertz CT molecular complexity index is 508. The van der Waals surface area contributed by atoms with E-state index in [1.807, 2.05) is 26.8 Å². The van der Waals surface area contributed by atoms with Gasteiger partial charge < -0.3 is 9.64 Å². The summed E-state index contributed by atoms with van der Waals surface area (Å²) in [5.41, 5.74) is 3.34. The predicted molar refractivity (Wildman–Crippen MR) is 69.1 cm³/mol. The van der Waals surface area contributed by atoms with Crippen LogP contribution in [0, 0.1) is 13.8 Å². The average Bonchev–Trinajstić information content (AvgIpc) is 2.60. The van der Waals surface area contributed by atoms with Crippen molar-refractivity contribution in [3.8, 4) is 0 Å². The summed E-state index contributed by atoms with van der Waals surface area (Å²) in [5.74, 6) is -0.858. The topological polar surface area (TPSA) is 46.6 Å². The molecule has 0 saturated carbocycles. The summed E-state index contributed by atoms with van der Waals surface area (Å²) in [5, 5.41) is 0. The van der Waals surface area contributed by atoms with E-state index in [1.165, 1.54) is 4.90 Å². The molecule has 0 spiro atoms. The van der Waals surface area contributed by atoms with Gasteiger partial charge in [-0.15, -0.1) is 0 Å². The summed E-state index contributed by atoms with van der Waals surface area (Å²) < 4.78 is 5.26. The Hall–Kier alpha value is -1.68. The molecule has 1 amide bonds. The van der Waals surface area contributed by atoms with Gasteiger partial charge in [0.1, 0.15) is 0 Å². The number of amides is 1. The van der Waals surface area contributed by atoms with Crippen molar-refractivity contribution < 1.29 is 14.3 Å². The van der Waals surface area contributed by atoms with Crippen LogP contribution < -0.4 is 4.90 Å². The molecule has 0 atom stereocenters. The average molecular weight is 247 g/mol. The fourth-order valence-electron chi connectivity index (χ4n) is 2.18. The van der Waals surface area contributed by atoms with Crippen molar-refractivity contribution in [3.05, 3.63) is 28.8 Å². The number of ketones is 1. The molecule has 0 bridgehead atoms. The summed E-state index contributed by atoms with van der Waals surface area (Å²) in [6, 6.07) is 3.62. The Balaban J connectivity index is 2.37. The van der Waals surface area contributed by atoms with Crippen molar-refractivity contribution in [2.24, 2.45) is 0 Å². The minimum Gasteiger partial charge on any atom is -0.380 e. The highest BCUT2D eigenvalue weighted by Crippen LogP contribution is 2.33. The van der Waals surface area contributed by atoms with E-state index >= 15 is 0 Å². The van der Waals surface area contributed by atoms with Crippen LogP contribution in [0.4, 0.5) is 5.69 Å². The quantitative estimate of drug-likeness (QED) is 0.602. The van der Waals surface area contributed by atoms with Crippen LogP contribution in [-0.4, -0.2) is 31.4 Å². The lowest BCUT2D eigenvalue weighted by molar-refractivity contribution is -0.114. The second-order valence-corrected chi connectivity index (χ2v) is 4.39. The highest BCUT2D eigenvalue weighted by atomic mass is 16.5. The lowest BCUT2D eigenvalue weighted by atomic mass is 10.0. The van der Waals surface area contributed by atoms with E-state index in [2.05, 4.69) is 0 Å². The smallest absolute Gasteiger partial charge is 0.299 e. The number of rotatable bonds is 4. The minimum atomic E-state index is -0.446. The molecule has 4 nitrogen and oxygen atoms in total. The number of Topliss-reactive ketones (excluding diaryl/α,β-unsaturated/α-hetero) is 1. The largest absolute Gasteiger partial charge is 0.380 e. The molecule has 1 aromatic carbocycles. The summed E-state index contributed by atoms with van der Waals surface area (Å²) in [6.45, 7) is 7.30. The number of benzene rings is 1. The molecule has 96 valence electrons. The Morgan fingerprint density at radius 3 is 2.61 bits per heavy atom. The number of anilines is 1. The number of carbonyl (C=O) groups excluding carboxylic acids is 2. The van der Waals surface area contributed by atoms with Crippen molar-refractivity contribution in [1.29, 1.82) is 0 Å². The Morgan fingerprint density at radius 1 is 1.22 bits per heavy atom. The molecule has 0 N–H and O–H groups in total. The van der Waals surface area contributed by atoms with Gasteiger partial charge in [0.25, 0.3) is 11.7 Å². The zero-order chi connectivity index (χ0) is 13.3. The van der Waals surface area contributed by atoms with Gasteiger partial charge >= 0.3 is 0 Å². The van der Waals surface area contributed by atoms with Crippen LogP contribution in [0.25, 0.3) is 0 Å². The van der Waals surface area contributed by atoms with E-state index in [-0.39, 0.29) is 0 Å². The van der Waals surface area contributed by atoms with Gasteiger partial charge in [0, 0.05) is 13.2 Å². The Kier molecular flexibility index (Phi) is 3.48. The molecular formula is C14H17NO3. The van der Waals surface area contributed by atoms with Crippen molar-refractivity contribution in [3.63, 3.8) is 0 Å². The van der Waals surface area contributed by atoms with Gasteiger partial charge in [-0.25, -0.2) is 0 Å². The fraction of sp³-hybridized carbons (Fsp3) is 0.429. The molecule has 1 aliphatic rings. The van der Waals surface area contributed by atoms with E-state index in [0.717, 1.165) is 16.8 Å². The number of nitrogens with zero attached hydrogens (tertiary/aromatic N) is 1. The number of ether oxygens (including phenoxy) is 1. The van der Waals surface area contributed by atoms with Crippen LogP contribution in [0.15, 0.2) is 12.1 Å². The fourth-order valence-corrected chi connectivity index (χ4v) is 2.18. The van der Waals surface area contributed by atoms with Crippen LogP contribution in [0.2, 0.25) is 0 Å². The highest BCUT2D eigenvalue weighted by molar-refractivity contribution is 6.52. The molecule has 0 aromatic heterocycles. The number of aryl methyl sites for hydroxylation is 1. The first-order chi connectivity index (χ1) is 8.57. The monoisotopic (exact) mass is 247 g/mol. The van der Waals surface area contributed by atoms with Gasteiger partial charge in [0.2, 0.25) is 0 Å². The maximum absolute atomic E-state index is 11.9. The van der Waals surface area contributed by atoms with Crippen LogP contribution in [0.1, 0.15) is 28.4 Å². The third kappa shape index (κ3) is 1.93. The third-order valence-electron chi connectivity index (χ3n) is 3.32. The summed E-state index contributed by atoms with van der Waals surface area (Å²) in [7, 11) is 0. The standard InChI is InChI=1S/C14H17NO3/c1-4-18-8-7-15-12-10(3)9(2)5-6-11(12)13(16)14(15)17/h5-6H,4,7-8H2,1-3H3. The van der Waals surface area contributed by atoms with Crippen molar-refractivity contribution in [2.75, 3.05) is 24.7 Å².